The Hall–Kier alpha value is -1.75. The summed E-state index contributed by atoms with van der Waals surface area (Å²) in [7, 11) is 1.70. The van der Waals surface area contributed by atoms with Gasteiger partial charge in [0.05, 0.1) is 7.11 Å². The van der Waals surface area contributed by atoms with Gasteiger partial charge in [0.1, 0.15) is 5.75 Å². The number of benzene rings is 1. The van der Waals surface area contributed by atoms with Gasteiger partial charge in [0.15, 0.2) is 5.96 Å². The van der Waals surface area contributed by atoms with Crippen molar-refractivity contribution >= 4 is 5.96 Å². The molecule has 0 fully saturated rings. The first-order valence-corrected chi connectivity index (χ1v) is 10.5. The van der Waals surface area contributed by atoms with Gasteiger partial charge in [-0.3, -0.25) is 4.99 Å². The van der Waals surface area contributed by atoms with Gasteiger partial charge in [-0.05, 0) is 69.4 Å². The highest BCUT2D eigenvalue weighted by Gasteiger charge is 2.06. The zero-order chi connectivity index (χ0) is 19.9. The van der Waals surface area contributed by atoms with Crippen molar-refractivity contribution in [3.63, 3.8) is 0 Å². The Morgan fingerprint density at radius 1 is 1.07 bits per heavy atom. The summed E-state index contributed by atoms with van der Waals surface area (Å²) in [6, 6.07) is 8.36. The van der Waals surface area contributed by atoms with E-state index in [1.54, 1.807) is 7.11 Å². The van der Waals surface area contributed by atoms with Gasteiger partial charge in [-0.2, -0.15) is 0 Å². The van der Waals surface area contributed by atoms with Crippen LogP contribution in [0, 0.1) is 0 Å². The van der Waals surface area contributed by atoms with Crippen LogP contribution < -0.4 is 15.4 Å². The van der Waals surface area contributed by atoms with E-state index in [1.807, 2.05) is 12.1 Å². The smallest absolute Gasteiger partial charge is 0.191 e. The second kappa shape index (κ2) is 14.3. The summed E-state index contributed by atoms with van der Waals surface area (Å²) in [6.45, 7) is 14.9. The molecule has 0 radical (unpaired) electrons. The lowest BCUT2D eigenvalue weighted by atomic mass is 9.98. The zero-order valence-corrected chi connectivity index (χ0v) is 18.1. The van der Waals surface area contributed by atoms with E-state index in [2.05, 4.69) is 55.4 Å². The van der Waals surface area contributed by atoms with Crippen LogP contribution in [0.1, 0.15) is 58.4 Å². The minimum atomic E-state index is 0.500. The lowest BCUT2D eigenvalue weighted by Crippen LogP contribution is -2.38. The van der Waals surface area contributed by atoms with Gasteiger partial charge in [0, 0.05) is 19.6 Å². The molecule has 1 aromatic rings. The third-order valence-corrected chi connectivity index (χ3v) is 4.95. The summed E-state index contributed by atoms with van der Waals surface area (Å²) < 4.78 is 5.23. The van der Waals surface area contributed by atoms with E-state index in [1.165, 1.54) is 18.5 Å². The fraction of sp³-hybridized carbons (Fsp3) is 0.682. The summed E-state index contributed by atoms with van der Waals surface area (Å²) in [5, 5.41) is 6.81. The van der Waals surface area contributed by atoms with Crippen LogP contribution in [-0.2, 0) is 0 Å². The molecule has 0 bridgehead atoms. The number of nitrogens with one attached hydrogen (secondary N) is 2. The number of methoxy groups -OCH3 is 1. The highest BCUT2D eigenvalue weighted by Crippen LogP contribution is 2.21. The van der Waals surface area contributed by atoms with Crippen molar-refractivity contribution in [3.05, 3.63) is 29.8 Å². The standard InChI is InChI=1S/C22H40N4O/c1-6-23-22(24-16-9-10-18-26(7-2)8-3)25-17-15-19(4)20-11-13-21(27-5)14-12-20/h11-14,19H,6-10,15-18H2,1-5H3,(H2,23,24,25). The maximum atomic E-state index is 5.23. The molecule has 0 aliphatic heterocycles. The van der Waals surface area contributed by atoms with Crippen LogP contribution >= 0.6 is 0 Å². The minimum absolute atomic E-state index is 0.500. The zero-order valence-electron chi connectivity index (χ0n) is 18.1. The number of guanidine groups is 1. The Labute approximate surface area is 166 Å². The predicted octanol–water partition coefficient (Wildman–Crippen LogP) is 3.87. The van der Waals surface area contributed by atoms with Crippen LogP contribution in [-0.4, -0.2) is 57.2 Å². The van der Waals surface area contributed by atoms with Crippen molar-refractivity contribution < 1.29 is 4.74 Å². The topological polar surface area (TPSA) is 48.9 Å². The predicted molar refractivity (Wildman–Crippen MR) is 117 cm³/mol. The Morgan fingerprint density at radius 2 is 1.78 bits per heavy atom. The molecule has 5 nitrogen and oxygen atoms in total. The van der Waals surface area contributed by atoms with Gasteiger partial charge in [-0.1, -0.05) is 32.9 Å². The molecule has 0 aliphatic rings. The average molecular weight is 377 g/mol. The molecule has 1 rings (SSSR count). The van der Waals surface area contributed by atoms with Crippen molar-refractivity contribution in [3.8, 4) is 5.75 Å². The fourth-order valence-corrected chi connectivity index (χ4v) is 3.03. The Kier molecular flexibility index (Phi) is 12.4. The highest BCUT2D eigenvalue weighted by atomic mass is 16.5. The van der Waals surface area contributed by atoms with Crippen LogP contribution in [0.3, 0.4) is 0 Å². The Balaban J connectivity index is 2.33. The van der Waals surface area contributed by atoms with Crippen LogP contribution in [0.4, 0.5) is 0 Å². The molecule has 0 saturated carbocycles. The summed E-state index contributed by atoms with van der Waals surface area (Å²) in [5.74, 6) is 2.34. The first-order valence-electron chi connectivity index (χ1n) is 10.5. The summed E-state index contributed by atoms with van der Waals surface area (Å²) in [4.78, 5) is 7.18. The van der Waals surface area contributed by atoms with E-state index >= 15 is 0 Å². The molecule has 1 aromatic carbocycles. The molecule has 0 heterocycles. The molecule has 154 valence electrons. The van der Waals surface area contributed by atoms with Gasteiger partial charge in [-0.25, -0.2) is 0 Å². The molecule has 2 N–H and O–H groups in total. The van der Waals surface area contributed by atoms with Crippen molar-refractivity contribution in [2.24, 2.45) is 4.99 Å². The van der Waals surface area contributed by atoms with Crippen LogP contribution in [0.5, 0.6) is 5.75 Å². The van der Waals surface area contributed by atoms with Gasteiger partial charge >= 0.3 is 0 Å². The largest absolute Gasteiger partial charge is 0.497 e. The number of hydrogen-bond acceptors (Lipinski definition) is 3. The Morgan fingerprint density at radius 3 is 2.37 bits per heavy atom. The molecule has 1 unspecified atom stereocenters. The van der Waals surface area contributed by atoms with Gasteiger partial charge < -0.3 is 20.3 Å². The van der Waals surface area contributed by atoms with Crippen molar-refractivity contribution in [2.75, 3.05) is 46.4 Å². The molecule has 0 aliphatic carbocycles. The number of hydrogen-bond donors (Lipinski definition) is 2. The molecule has 27 heavy (non-hydrogen) atoms. The van der Waals surface area contributed by atoms with Gasteiger partial charge in [0.25, 0.3) is 0 Å². The van der Waals surface area contributed by atoms with Crippen LogP contribution in [0.2, 0.25) is 0 Å². The monoisotopic (exact) mass is 376 g/mol. The normalized spacial score (nSPS) is 12.9. The second-order valence-electron chi connectivity index (χ2n) is 6.88. The number of rotatable bonds is 13. The van der Waals surface area contributed by atoms with Crippen LogP contribution in [0.15, 0.2) is 29.3 Å². The molecule has 5 heteroatoms. The van der Waals surface area contributed by atoms with E-state index in [4.69, 9.17) is 9.73 Å². The first-order chi connectivity index (χ1) is 13.1. The van der Waals surface area contributed by atoms with Crippen molar-refractivity contribution in [1.82, 2.24) is 15.5 Å². The lowest BCUT2D eigenvalue weighted by molar-refractivity contribution is 0.297. The minimum Gasteiger partial charge on any atom is -0.497 e. The summed E-state index contributed by atoms with van der Waals surface area (Å²) >= 11 is 0. The third-order valence-electron chi connectivity index (χ3n) is 4.95. The number of unbranched alkanes of at least 4 members (excludes halogenated alkanes) is 1. The number of nitrogens with zero attached hydrogens (tertiary/aromatic N) is 2. The molecule has 0 aromatic heterocycles. The fourth-order valence-electron chi connectivity index (χ4n) is 3.03. The molecule has 0 spiro atoms. The van der Waals surface area contributed by atoms with Crippen molar-refractivity contribution in [2.45, 2.75) is 52.9 Å². The maximum absolute atomic E-state index is 5.23. The van der Waals surface area contributed by atoms with Gasteiger partial charge in [-0.15, -0.1) is 0 Å². The van der Waals surface area contributed by atoms with E-state index < -0.39 is 0 Å². The summed E-state index contributed by atoms with van der Waals surface area (Å²) in [5.41, 5.74) is 1.34. The third kappa shape index (κ3) is 9.66. The SMILES string of the molecule is CCNC(=NCCCCN(CC)CC)NCCC(C)c1ccc(OC)cc1. The van der Waals surface area contributed by atoms with E-state index in [0.717, 1.165) is 57.3 Å². The second-order valence-corrected chi connectivity index (χ2v) is 6.88. The summed E-state index contributed by atoms with van der Waals surface area (Å²) in [6.07, 6.45) is 3.41. The quantitative estimate of drug-likeness (QED) is 0.312. The number of ether oxygens (including phenoxy) is 1. The average Bonchev–Trinajstić information content (AvgIpc) is 2.70. The van der Waals surface area contributed by atoms with Gasteiger partial charge in [0.2, 0.25) is 0 Å². The molecule has 0 saturated heterocycles. The van der Waals surface area contributed by atoms with E-state index in [0.29, 0.717) is 5.92 Å². The molecular weight excluding hydrogens is 336 g/mol. The number of aliphatic imine (C=N–C) groups is 1. The highest BCUT2D eigenvalue weighted by molar-refractivity contribution is 5.79. The maximum Gasteiger partial charge on any atom is 0.191 e. The van der Waals surface area contributed by atoms with Crippen molar-refractivity contribution in [1.29, 1.82) is 0 Å². The molecule has 1 atom stereocenters. The Bertz CT molecular complexity index is 512. The molecule has 0 amide bonds. The van der Waals surface area contributed by atoms with E-state index in [9.17, 15) is 0 Å². The van der Waals surface area contributed by atoms with E-state index in [-0.39, 0.29) is 0 Å². The van der Waals surface area contributed by atoms with Crippen LogP contribution in [0.25, 0.3) is 0 Å². The first kappa shape index (κ1) is 23.3. The lowest BCUT2D eigenvalue weighted by Gasteiger charge is -2.17. The molecular formula is C22H40N4O.